The van der Waals surface area contributed by atoms with E-state index >= 15 is 0 Å². The van der Waals surface area contributed by atoms with Crippen LogP contribution in [0.25, 0.3) is 11.0 Å². The van der Waals surface area contributed by atoms with Crippen LogP contribution in [0.15, 0.2) is 36.8 Å². The molecule has 2 aromatic heterocycles. The van der Waals surface area contributed by atoms with E-state index in [0.717, 1.165) is 54.0 Å². The Bertz CT molecular complexity index is 966. The first-order valence-corrected chi connectivity index (χ1v) is 10.0. The number of nitrogens with one attached hydrogen (secondary N) is 2. The Balaban J connectivity index is 1.37. The van der Waals surface area contributed by atoms with Crippen molar-refractivity contribution in [2.75, 3.05) is 29.9 Å². The molecule has 1 aromatic carbocycles. The molecule has 0 spiro atoms. The molecule has 1 aliphatic heterocycles. The molecule has 0 radical (unpaired) electrons. The number of Topliss-reactive ketones (excluding diaryl/α,β-unsaturated/α-hetero) is 1. The largest absolute Gasteiger partial charge is 0.377 e. The molecule has 3 aromatic rings. The number of aromatic amines is 1. The number of para-hydroxylation sites is 1. The lowest BCUT2D eigenvalue weighted by Gasteiger charge is -2.33. The molecule has 0 unspecified atom stereocenters. The van der Waals surface area contributed by atoms with Crippen LogP contribution in [0.2, 0.25) is 5.02 Å². The van der Waals surface area contributed by atoms with Crippen molar-refractivity contribution in [2.24, 2.45) is 5.92 Å². The molecule has 3 heterocycles. The molecule has 146 valence electrons. The monoisotopic (exact) mass is 397 g/mol. The molecule has 1 atom stereocenters. The van der Waals surface area contributed by atoms with Gasteiger partial charge in [-0.1, -0.05) is 23.7 Å². The van der Waals surface area contributed by atoms with Crippen molar-refractivity contribution in [3.05, 3.63) is 47.4 Å². The summed E-state index contributed by atoms with van der Waals surface area (Å²) in [6.07, 6.45) is 6.17. The van der Waals surface area contributed by atoms with Crippen LogP contribution in [0.1, 0.15) is 24.8 Å². The highest BCUT2D eigenvalue weighted by molar-refractivity contribution is 6.33. The quantitative estimate of drug-likeness (QED) is 0.651. The average Bonchev–Trinajstić information content (AvgIpc) is 3.16. The molecule has 28 heavy (non-hydrogen) atoms. The SMILES string of the molecule is Cc1cccc(Cl)c1NCC(=O)C[C@@H]1CCCN(c2ncnc3[nH]ccc23)C1. The zero-order valence-electron chi connectivity index (χ0n) is 15.9. The summed E-state index contributed by atoms with van der Waals surface area (Å²) < 4.78 is 0. The predicted molar refractivity (Wildman–Crippen MR) is 113 cm³/mol. The highest BCUT2D eigenvalue weighted by atomic mass is 35.5. The van der Waals surface area contributed by atoms with Gasteiger partial charge in [0.05, 0.1) is 22.6 Å². The summed E-state index contributed by atoms with van der Waals surface area (Å²) in [5.41, 5.74) is 2.74. The highest BCUT2D eigenvalue weighted by Gasteiger charge is 2.24. The molecular formula is C21H24ClN5O. The van der Waals surface area contributed by atoms with Gasteiger partial charge in [-0.3, -0.25) is 4.79 Å². The number of rotatable bonds is 6. The molecule has 2 N–H and O–H groups in total. The second kappa shape index (κ2) is 8.19. The number of piperidine rings is 1. The Hall–Kier alpha value is -2.60. The molecule has 6 nitrogen and oxygen atoms in total. The van der Waals surface area contributed by atoms with E-state index in [1.807, 2.05) is 37.4 Å². The van der Waals surface area contributed by atoms with E-state index in [1.54, 1.807) is 6.33 Å². The van der Waals surface area contributed by atoms with E-state index in [0.29, 0.717) is 23.9 Å². The maximum atomic E-state index is 12.6. The number of nitrogens with zero attached hydrogens (tertiary/aromatic N) is 3. The van der Waals surface area contributed by atoms with Crippen molar-refractivity contribution in [3.63, 3.8) is 0 Å². The standard InChI is InChI=1S/C21H24ClN5O/c1-14-4-2-6-18(22)19(14)24-11-16(28)10-15-5-3-9-27(12-15)21-17-7-8-23-20(17)25-13-26-21/h2,4,6-8,13,15,24H,3,5,9-12H2,1H3,(H,23,25,26)/t15-/m0/s1. The number of fused-ring (bicyclic) bond motifs is 1. The summed E-state index contributed by atoms with van der Waals surface area (Å²) in [5.74, 6) is 1.49. The van der Waals surface area contributed by atoms with Gasteiger partial charge in [0.2, 0.25) is 0 Å². The first kappa shape index (κ1) is 18.7. The number of hydrogen-bond donors (Lipinski definition) is 2. The molecule has 1 aliphatic rings. The summed E-state index contributed by atoms with van der Waals surface area (Å²) in [5, 5.41) is 4.90. The van der Waals surface area contributed by atoms with Crippen molar-refractivity contribution in [2.45, 2.75) is 26.2 Å². The van der Waals surface area contributed by atoms with Gasteiger partial charge in [-0.05, 0) is 43.4 Å². The van der Waals surface area contributed by atoms with Gasteiger partial charge in [-0.25, -0.2) is 9.97 Å². The van der Waals surface area contributed by atoms with E-state index in [2.05, 4.69) is 25.2 Å². The first-order valence-electron chi connectivity index (χ1n) is 9.65. The van der Waals surface area contributed by atoms with Gasteiger partial charge >= 0.3 is 0 Å². The molecular weight excluding hydrogens is 374 g/mol. The Morgan fingerprint density at radius 2 is 2.25 bits per heavy atom. The van der Waals surface area contributed by atoms with Crippen molar-refractivity contribution in [1.82, 2.24) is 15.0 Å². The van der Waals surface area contributed by atoms with E-state index in [9.17, 15) is 4.79 Å². The summed E-state index contributed by atoms with van der Waals surface area (Å²) in [6.45, 7) is 4.09. The minimum absolute atomic E-state index is 0.209. The van der Waals surface area contributed by atoms with Crippen molar-refractivity contribution in [1.29, 1.82) is 0 Å². The van der Waals surface area contributed by atoms with Crippen LogP contribution < -0.4 is 10.2 Å². The maximum absolute atomic E-state index is 12.6. The van der Waals surface area contributed by atoms with E-state index in [4.69, 9.17) is 11.6 Å². The van der Waals surface area contributed by atoms with Gasteiger partial charge in [0.15, 0.2) is 5.78 Å². The lowest BCUT2D eigenvalue weighted by Crippen LogP contribution is -2.37. The summed E-state index contributed by atoms with van der Waals surface area (Å²) in [7, 11) is 0. The fourth-order valence-corrected chi connectivity index (χ4v) is 4.26. The third kappa shape index (κ3) is 3.97. The van der Waals surface area contributed by atoms with Crippen LogP contribution in [0.4, 0.5) is 11.5 Å². The predicted octanol–water partition coefficient (Wildman–Crippen LogP) is 4.21. The molecule has 1 fully saturated rings. The van der Waals surface area contributed by atoms with E-state index < -0.39 is 0 Å². The lowest BCUT2D eigenvalue weighted by atomic mass is 9.92. The third-order valence-electron chi connectivity index (χ3n) is 5.35. The van der Waals surface area contributed by atoms with Crippen molar-refractivity contribution >= 4 is 39.9 Å². The van der Waals surface area contributed by atoms with Crippen molar-refractivity contribution in [3.8, 4) is 0 Å². The van der Waals surface area contributed by atoms with E-state index in [-0.39, 0.29) is 5.78 Å². The normalized spacial score (nSPS) is 17.1. The second-order valence-corrected chi connectivity index (χ2v) is 7.83. The fourth-order valence-electron chi connectivity index (χ4n) is 3.97. The minimum Gasteiger partial charge on any atom is -0.377 e. The first-order chi connectivity index (χ1) is 13.6. The average molecular weight is 398 g/mol. The molecule has 0 amide bonds. The molecule has 0 aliphatic carbocycles. The number of aromatic nitrogens is 3. The van der Waals surface area contributed by atoms with Crippen LogP contribution in [-0.2, 0) is 4.79 Å². The number of benzene rings is 1. The Morgan fingerprint density at radius 3 is 3.11 bits per heavy atom. The Morgan fingerprint density at radius 1 is 1.36 bits per heavy atom. The smallest absolute Gasteiger partial charge is 0.152 e. The number of anilines is 2. The molecule has 0 bridgehead atoms. The van der Waals surface area contributed by atoms with Gasteiger partial charge in [-0.15, -0.1) is 0 Å². The number of carbonyl (C=O) groups is 1. The van der Waals surface area contributed by atoms with Crippen LogP contribution in [0.3, 0.4) is 0 Å². The third-order valence-corrected chi connectivity index (χ3v) is 5.67. The highest BCUT2D eigenvalue weighted by Crippen LogP contribution is 2.29. The van der Waals surface area contributed by atoms with Gasteiger partial charge in [-0.2, -0.15) is 0 Å². The summed E-state index contributed by atoms with van der Waals surface area (Å²) >= 11 is 6.24. The van der Waals surface area contributed by atoms with Crippen LogP contribution in [-0.4, -0.2) is 40.4 Å². The van der Waals surface area contributed by atoms with Gasteiger partial charge in [0.1, 0.15) is 17.8 Å². The molecule has 1 saturated heterocycles. The second-order valence-electron chi connectivity index (χ2n) is 7.42. The van der Waals surface area contributed by atoms with Crippen LogP contribution in [0, 0.1) is 12.8 Å². The van der Waals surface area contributed by atoms with Crippen LogP contribution >= 0.6 is 11.6 Å². The summed E-state index contributed by atoms with van der Waals surface area (Å²) in [4.78, 5) is 26.7. The van der Waals surface area contributed by atoms with E-state index in [1.165, 1.54) is 0 Å². The zero-order chi connectivity index (χ0) is 19.5. The Labute approximate surface area is 169 Å². The molecule has 4 rings (SSSR count). The topological polar surface area (TPSA) is 73.9 Å². The number of aryl methyl sites for hydroxylation is 1. The van der Waals surface area contributed by atoms with Gasteiger partial charge < -0.3 is 15.2 Å². The van der Waals surface area contributed by atoms with Gasteiger partial charge in [0, 0.05) is 25.7 Å². The number of carbonyl (C=O) groups excluding carboxylic acids is 1. The Kier molecular flexibility index (Phi) is 5.48. The zero-order valence-corrected chi connectivity index (χ0v) is 16.7. The molecule has 0 saturated carbocycles. The summed E-state index contributed by atoms with van der Waals surface area (Å²) in [6, 6.07) is 7.75. The number of halogens is 1. The van der Waals surface area contributed by atoms with Crippen molar-refractivity contribution < 1.29 is 4.79 Å². The molecule has 7 heteroatoms. The number of ketones is 1. The fraction of sp³-hybridized carbons (Fsp3) is 0.381. The maximum Gasteiger partial charge on any atom is 0.152 e. The minimum atomic E-state index is 0.209. The number of H-pyrrole nitrogens is 1. The lowest BCUT2D eigenvalue weighted by molar-refractivity contribution is -0.118. The van der Waals surface area contributed by atoms with Gasteiger partial charge in [0.25, 0.3) is 0 Å². The van der Waals surface area contributed by atoms with Crippen LogP contribution in [0.5, 0.6) is 0 Å². The number of hydrogen-bond acceptors (Lipinski definition) is 5.